The van der Waals surface area contributed by atoms with Gasteiger partial charge in [0.25, 0.3) is 0 Å². The molecule has 2 nitrogen and oxygen atoms in total. The van der Waals surface area contributed by atoms with E-state index in [1.807, 2.05) is 0 Å². The van der Waals surface area contributed by atoms with Crippen molar-refractivity contribution in [3.63, 3.8) is 0 Å². The number of aromatic hydroxyl groups is 1. The van der Waals surface area contributed by atoms with Crippen LogP contribution in [0, 0.1) is 5.82 Å². The summed E-state index contributed by atoms with van der Waals surface area (Å²) in [5, 5.41) is 18.4. The first-order valence-corrected chi connectivity index (χ1v) is 4.08. The maximum Gasteiger partial charge on any atom is 0.130 e. The lowest BCUT2D eigenvalue weighted by molar-refractivity contribution is 0.0800. The maximum atomic E-state index is 13.1. The van der Waals surface area contributed by atoms with E-state index in [4.69, 9.17) is 5.11 Å². The minimum Gasteiger partial charge on any atom is -0.508 e. The Balaban J connectivity index is 2.90. The fourth-order valence-electron chi connectivity index (χ4n) is 1.15. The smallest absolute Gasteiger partial charge is 0.130 e. The van der Waals surface area contributed by atoms with Crippen LogP contribution in [-0.4, -0.2) is 15.8 Å². The van der Waals surface area contributed by atoms with Gasteiger partial charge < -0.3 is 10.2 Å². The minimum atomic E-state index is -0.933. The first-order chi connectivity index (χ1) is 5.88. The molecule has 0 spiro atoms. The molecule has 0 fully saturated rings. The van der Waals surface area contributed by atoms with Crippen LogP contribution in [0.1, 0.15) is 19.4 Å². The lowest BCUT2D eigenvalue weighted by Crippen LogP contribution is -2.22. The van der Waals surface area contributed by atoms with Crippen LogP contribution in [0.5, 0.6) is 5.75 Å². The van der Waals surface area contributed by atoms with Crippen molar-refractivity contribution in [2.24, 2.45) is 0 Å². The molecule has 2 N–H and O–H groups in total. The summed E-state index contributed by atoms with van der Waals surface area (Å²) in [6, 6.07) is 3.92. The van der Waals surface area contributed by atoms with Crippen molar-refractivity contribution in [3.05, 3.63) is 29.6 Å². The van der Waals surface area contributed by atoms with Gasteiger partial charge in [-0.1, -0.05) is 6.07 Å². The predicted octanol–water partition coefficient (Wildman–Crippen LogP) is 1.84. The molecule has 3 heteroatoms. The van der Waals surface area contributed by atoms with E-state index in [1.54, 1.807) is 13.8 Å². The van der Waals surface area contributed by atoms with Crippen molar-refractivity contribution < 1.29 is 14.6 Å². The standard InChI is InChI=1S/C10H13FO2/c1-10(2,13)6-7-3-4-8(12)5-9(7)11/h3-5,12-13H,6H2,1-2H3. The Morgan fingerprint density at radius 2 is 2.00 bits per heavy atom. The van der Waals surface area contributed by atoms with E-state index in [2.05, 4.69) is 0 Å². The van der Waals surface area contributed by atoms with Crippen LogP contribution < -0.4 is 0 Å². The molecule has 0 aliphatic heterocycles. The van der Waals surface area contributed by atoms with Gasteiger partial charge in [-0.05, 0) is 25.5 Å². The Bertz CT molecular complexity index is 302. The molecule has 13 heavy (non-hydrogen) atoms. The summed E-state index contributed by atoms with van der Waals surface area (Å²) in [4.78, 5) is 0. The average Bonchev–Trinajstić information content (AvgIpc) is 1.93. The number of benzene rings is 1. The van der Waals surface area contributed by atoms with Gasteiger partial charge in [0.05, 0.1) is 5.60 Å². The fourth-order valence-corrected chi connectivity index (χ4v) is 1.15. The third-order valence-electron chi connectivity index (χ3n) is 1.66. The Hall–Kier alpha value is -1.09. The Labute approximate surface area is 76.6 Å². The molecule has 0 saturated heterocycles. The first-order valence-electron chi connectivity index (χ1n) is 4.08. The van der Waals surface area contributed by atoms with E-state index in [0.29, 0.717) is 5.56 Å². The molecular formula is C10H13FO2. The van der Waals surface area contributed by atoms with E-state index in [-0.39, 0.29) is 12.2 Å². The molecule has 1 aromatic rings. The van der Waals surface area contributed by atoms with Crippen LogP contribution in [-0.2, 0) is 6.42 Å². The first kappa shape index (κ1) is 9.99. The van der Waals surface area contributed by atoms with Crippen molar-refractivity contribution in [3.8, 4) is 5.75 Å². The molecule has 1 rings (SSSR count). The summed E-state index contributed by atoms with van der Waals surface area (Å²) in [7, 11) is 0. The monoisotopic (exact) mass is 184 g/mol. The van der Waals surface area contributed by atoms with Gasteiger partial charge in [-0.25, -0.2) is 4.39 Å². The van der Waals surface area contributed by atoms with Crippen LogP contribution >= 0.6 is 0 Å². The third-order valence-corrected chi connectivity index (χ3v) is 1.66. The topological polar surface area (TPSA) is 40.5 Å². The quantitative estimate of drug-likeness (QED) is 0.736. The molecule has 0 radical (unpaired) electrons. The number of hydrogen-bond acceptors (Lipinski definition) is 2. The highest BCUT2D eigenvalue weighted by atomic mass is 19.1. The van der Waals surface area contributed by atoms with Crippen molar-refractivity contribution in [2.75, 3.05) is 0 Å². The second-order valence-corrected chi connectivity index (χ2v) is 3.76. The van der Waals surface area contributed by atoms with Gasteiger partial charge in [0.1, 0.15) is 11.6 Å². The van der Waals surface area contributed by atoms with Crippen LogP contribution in [0.3, 0.4) is 0 Å². The summed E-state index contributed by atoms with van der Waals surface area (Å²) < 4.78 is 13.1. The number of phenols is 1. The Morgan fingerprint density at radius 1 is 1.38 bits per heavy atom. The van der Waals surface area contributed by atoms with Gasteiger partial charge >= 0.3 is 0 Å². The maximum absolute atomic E-state index is 13.1. The second-order valence-electron chi connectivity index (χ2n) is 3.76. The van der Waals surface area contributed by atoms with E-state index >= 15 is 0 Å². The molecule has 0 amide bonds. The number of phenolic OH excluding ortho intramolecular Hbond substituents is 1. The third kappa shape index (κ3) is 3.03. The van der Waals surface area contributed by atoms with Crippen molar-refractivity contribution in [2.45, 2.75) is 25.9 Å². The van der Waals surface area contributed by atoms with Gasteiger partial charge in [0.2, 0.25) is 0 Å². The van der Waals surface area contributed by atoms with E-state index < -0.39 is 11.4 Å². The molecule has 0 aliphatic rings. The largest absolute Gasteiger partial charge is 0.508 e. The summed E-state index contributed by atoms with van der Waals surface area (Å²) in [5.41, 5.74) is -0.525. The summed E-state index contributed by atoms with van der Waals surface area (Å²) in [5.74, 6) is -0.584. The van der Waals surface area contributed by atoms with E-state index in [1.165, 1.54) is 12.1 Å². The van der Waals surface area contributed by atoms with E-state index in [9.17, 15) is 9.50 Å². The molecule has 0 saturated carbocycles. The molecule has 0 aromatic heterocycles. The molecule has 0 bridgehead atoms. The molecule has 0 aliphatic carbocycles. The number of rotatable bonds is 2. The van der Waals surface area contributed by atoms with Gasteiger partial charge in [-0.2, -0.15) is 0 Å². The summed E-state index contributed by atoms with van der Waals surface area (Å²) >= 11 is 0. The van der Waals surface area contributed by atoms with Gasteiger partial charge in [0, 0.05) is 12.5 Å². The van der Waals surface area contributed by atoms with Crippen molar-refractivity contribution in [1.29, 1.82) is 0 Å². The summed E-state index contributed by atoms with van der Waals surface area (Å²) in [6.45, 7) is 3.22. The predicted molar refractivity (Wildman–Crippen MR) is 48.1 cm³/mol. The summed E-state index contributed by atoms with van der Waals surface area (Å²) in [6.07, 6.45) is 0.235. The zero-order chi connectivity index (χ0) is 10.1. The van der Waals surface area contributed by atoms with Crippen molar-refractivity contribution >= 4 is 0 Å². The van der Waals surface area contributed by atoms with Crippen LogP contribution in [0.25, 0.3) is 0 Å². The highest BCUT2D eigenvalue weighted by Crippen LogP contribution is 2.19. The molecule has 0 atom stereocenters. The number of hydrogen-bond donors (Lipinski definition) is 2. The van der Waals surface area contributed by atoms with Gasteiger partial charge in [0.15, 0.2) is 0 Å². The van der Waals surface area contributed by atoms with Crippen LogP contribution in [0.4, 0.5) is 4.39 Å². The lowest BCUT2D eigenvalue weighted by Gasteiger charge is -2.17. The van der Waals surface area contributed by atoms with Gasteiger partial charge in [-0.3, -0.25) is 0 Å². The molecule has 1 aromatic carbocycles. The molecule has 0 unspecified atom stereocenters. The SMILES string of the molecule is CC(C)(O)Cc1ccc(O)cc1F. The van der Waals surface area contributed by atoms with Crippen LogP contribution in [0.2, 0.25) is 0 Å². The number of aliphatic hydroxyl groups is 1. The zero-order valence-electron chi connectivity index (χ0n) is 7.71. The molecule has 0 heterocycles. The van der Waals surface area contributed by atoms with Crippen molar-refractivity contribution in [1.82, 2.24) is 0 Å². The fraction of sp³-hybridized carbons (Fsp3) is 0.400. The average molecular weight is 184 g/mol. The Morgan fingerprint density at radius 3 is 2.46 bits per heavy atom. The second kappa shape index (κ2) is 3.34. The Kier molecular flexibility index (Phi) is 2.57. The van der Waals surface area contributed by atoms with Crippen LogP contribution in [0.15, 0.2) is 18.2 Å². The van der Waals surface area contributed by atoms with E-state index in [0.717, 1.165) is 6.07 Å². The highest BCUT2D eigenvalue weighted by Gasteiger charge is 2.16. The number of halogens is 1. The molecular weight excluding hydrogens is 171 g/mol. The minimum absolute atomic E-state index is 0.100. The van der Waals surface area contributed by atoms with Gasteiger partial charge in [-0.15, -0.1) is 0 Å². The lowest BCUT2D eigenvalue weighted by atomic mass is 9.98. The normalized spacial score (nSPS) is 11.7. The molecule has 72 valence electrons. The zero-order valence-corrected chi connectivity index (χ0v) is 7.71. The highest BCUT2D eigenvalue weighted by molar-refractivity contribution is 5.28.